The number of aromatic nitrogens is 2. The van der Waals surface area contributed by atoms with Crippen molar-refractivity contribution < 1.29 is 4.79 Å². The predicted molar refractivity (Wildman–Crippen MR) is 83.0 cm³/mol. The Bertz CT molecular complexity index is 793. The highest BCUT2D eigenvalue weighted by atomic mass is 16.1. The second-order valence-corrected chi connectivity index (χ2v) is 4.81. The van der Waals surface area contributed by atoms with Gasteiger partial charge >= 0.3 is 0 Å². The molecule has 2 heterocycles. The number of imidazole rings is 1. The smallest absolute Gasteiger partial charge is 0.238 e. The van der Waals surface area contributed by atoms with E-state index in [9.17, 15) is 4.79 Å². The van der Waals surface area contributed by atoms with Crippen LogP contribution in [0, 0.1) is 6.92 Å². The van der Waals surface area contributed by atoms with Crippen LogP contribution >= 0.6 is 0 Å². The van der Waals surface area contributed by atoms with Crippen molar-refractivity contribution in [1.29, 1.82) is 0 Å². The van der Waals surface area contributed by atoms with E-state index in [1.807, 2.05) is 60.0 Å². The highest BCUT2D eigenvalue weighted by Gasteiger charge is 2.10. The van der Waals surface area contributed by atoms with E-state index in [2.05, 4.69) is 10.3 Å². The Morgan fingerprint density at radius 2 is 2.00 bits per heavy atom. The molecule has 3 rings (SSSR count). The molecule has 106 valence electrons. The minimum Gasteiger partial charge on any atom is -0.324 e. The van der Waals surface area contributed by atoms with E-state index in [1.54, 1.807) is 0 Å². The predicted octanol–water partition coefficient (Wildman–Crippen LogP) is 2.21. The standard InChI is InChI=1S/C16H16N4O/c1-11-16(12-5-3-2-4-6-12)19-14-8-7-13(10-20(11)14)18-15(21)9-17/h2-8,10H,9,17H2,1H3,(H,18,21). The summed E-state index contributed by atoms with van der Waals surface area (Å²) < 4.78 is 1.97. The molecule has 1 amide bonds. The third-order valence-corrected chi connectivity index (χ3v) is 3.37. The molecule has 5 nitrogen and oxygen atoms in total. The number of aryl methyl sites for hydroxylation is 1. The molecule has 0 saturated heterocycles. The number of anilines is 1. The molecule has 1 aromatic carbocycles. The molecule has 3 aromatic rings. The van der Waals surface area contributed by atoms with Crippen LogP contribution in [0.25, 0.3) is 16.9 Å². The lowest BCUT2D eigenvalue weighted by Gasteiger charge is -2.05. The van der Waals surface area contributed by atoms with Crippen molar-refractivity contribution in [3.05, 3.63) is 54.4 Å². The van der Waals surface area contributed by atoms with E-state index in [-0.39, 0.29) is 12.5 Å². The summed E-state index contributed by atoms with van der Waals surface area (Å²) >= 11 is 0. The molecule has 0 radical (unpaired) electrons. The van der Waals surface area contributed by atoms with Gasteiger partial charge in [-0.1, -0.05) is 30.3 Å². The summed E-state index contributed by atoms with van der Waals surface area (Å²) in [7, 11) is 0. The van der Waals surface area contributed by atoms with Crippen LogP contribution in [0.4, 0.5) is 5.69 Å². The number of nitrogens with two attached hydrogens (primary N) is 1. The Hall–Kier alpha value is -2.66. The molecular weight excluding hydrogens is 264 g/mol. The van der Waals surface area contributed by atoms with Crippen LogP contribution in [0.15, 0.2) is 48.7 Å². The Kier molecular flexibility index (Phi) is 3.41. The number of nitrogens with one attached hydrogen (secondary N) is 1. The van der Waals surface area contributed by atoms with Crippen LogP contribution in [-0.4, -0.2) is 21.8 Å². The number of amides is 1. The minimum atomic E-state index is -0.213. The molecule has 3 N–H and O–H groups in total. The molecule has 0 saturated carbocycles. The van der Waals surface area contributed by atoms with Gasteiger partial charge in [-0.2, -0.15) is 0 Å². The number of hydrogen-bond acceptors (Lipinski definition) is 3. The first-order valence-electron chi connectivity index (χ1n) is 6.73. The summed E-state index contributed by atoms with van der Waals surface area (Å²) in [6.07, 6.45) is 1.86. The van der Waals surface area contributed by atoms with Crippen molar-refractivity contribution in [1.82, 2.24) is 9.38 Å². The average Bonchev–Trinajstić information content (AvgIpc) is 2.85. The van der Waals surface area contributed by atoms with Crippen LogP contribution in [0.1, 0.15) is 5.69 Å². The number of benzene rings is 1. The average molecular weight is 280 g/mol. The van der Waals surface area contributed by atoms with Gasteiger partial charge in [-0.05, 0) is 19.1 Å². The van der Waals surface area contributed by atoms with E-state index < -0.39 is 0 Å². The number of rotatable bonds is 3. The van der Waals surface area contributed by atoms with Crippen molar-refractivity contribution in [2.75, 3.05) is 11.9 Å². The van der Waals surface area contributed by atoms with Crippen molar-refractivity contribution in [2.45, 2.75) is 6.92 Å². The lowest BCUT2D eigenvalue weighted by molar-refractivity contribution is -0.114. The fraction of sp³-hybridized carbons (Fsp3) is 0.125. The number of nitrogens with zero attached hydrogens (tertiary/aromatic N) is 2. The topological polar surface area (TPSA) is 72.4 Å². The van der Waals surface area contributed by atoms with Gasteiger partial charge in [-0.15, -0.1) is 0 Å². The first-order valence-corrected chi connectivity index (χ1v) is 6.73. The zero-order chi connectivity index (χ0) is 14.8. The zero-order valence-corrected chi connectivity index (χ0v) is 11.7. The van der Waals surface area contributed by atoms with Gasteiger partial charge in [-0.25, -0.2) is 4.98 Å². The van der Waals surface area contributed by atoms with E-state index in [0.717, 1.165) is 22.6 Å². The molecular formula is C16H16N4O. The lowest BCUT2D eigenvalue weighted by atomic mass is 10.1. The van der Waals surface area contributed by atoms with Gasteiger partial charge in [0.25, 0.3) is 0 Å². The number of pyridine rings is 1. The Morgan fingerprint density at radius 3 is 2.71 bits per heavy atom. The maximum Gasteiger partial charge on any atom is 0.238 e. The molecule has 0 unspecified atom stereocenters. The zero-order valence-electron chi connectivity index (χ0n) is 11.7. The van der Waals surface area contributed by atoms with Crippen LogP contribution in [0.2, 0.25) is 0 Å². The van der Waals surface area contributed by atoms with Gasteiger partial charge in [0.2, 0.25) is 5.91 Å². The van der Waals surface area contributed by atoms with E-state index in [0.29, 0.717) is 5.69 Å². The van der Waals surface area contributed by atoms with Crippen molar-refractivity contribution in [3.8, 4) is 11.3 Å². The minimum absolute atomic E-state index is 0.0315. The first kappa shape index (κ1) is 13.3. The van der Waals surface area contributed by atoms with Crippen LogP contribution in [0.5, 0.6) is 0 Å². The third kappa shape index (κ3) is 2.51. The molecule has 2 aromatic heterocycles. The first-order chi connectivity index (χ1) is 10.2. The lowest BCUT2D eigenvalue weighted by Crippen LogP contribution is -2.21. The quantitative estimate of drug-likeness (QED) is 0.772. The molecule has 0 aliphatic heterocycles. The molecule has 0 atom stereocenters. The fourth-order valence-electron chi connectivity index (χ4n) is 2.32. The highest BCUT2D eigenvalue weighted by molar-refractivity contribution is 5.92. The number of carbonyl (C=O) groups is 1. The van der Waals surface area contributed by atoms with Gasteiger partial charge in [0.15, 0.2) is 0 Å². The van der Waals surface area contributed by atoms with Crippen molar-refractivity contribution in [2.24, 2.45) is 5.73 Å². The second-order valence-electron chi connectivity index (χ2n) is 4.81. The number of fused-ring (bicyclic) bond motifs is 1. The summed E-state index contributed by atoms with van der Waals surface area (Å²) in [5, 5.41) is 2.75. The Balaban J connectivity index is 2.06. The molecule has 5 heteroatoms. The monoisotopic (exact) mass is 280 g/mol. The van der Waals surface area contributed by atoms with E-state index in [4.69, 9.17) is 5.73 Å². The van der Waals surface area contributed by atoms with E-state index >= 15 is 0 Å². The SMILES string of the molecule is Cc1c(-c2ccccc2)nc2ccc(NC(=O)CN)cn12. The van der Waals surface area contributed by atoms with Gasteiger partial charge in [0, 0.05) is 17.5 Å². The number of hydrogen-bond donors (Lipinski definition) is 2. The third-order valence-electron chi connectivity index (χ3n) is 3.37. The van der Waals surface area contributed by atoms with Crippen molar-refractivity contribution >= 4 is 17.2 Å². The van der Waals surface area contributed by atoms with Gasteiger partial charge in [-0.3, -0.25) is 4.79 Å². The molecule has 0 aliphatic rings. The summed E-state index contributed by atoms with van der Waals surface area (Å²) in [5.41, 5.74) is 9.91. The summed E-state index contributed by atoms with van der Waals surface area (Å²) in [6.45, 7) is 1.98. The van der Waals surface area contributed by atoms with Gasteiger partial charge < -0.3 is 15.5 Å². The highest BCUT2D eigenvalue weighted by Crippen LogP contribution is 2.24. The molecule has 0 aliphatic carbocycles. The molecule has 0 fully saturated rings. The largest absolute Gasteiger partial charge is 0.324 e. The van der Waals surface area contributed by atoms with Crippen molar-refractivity contribution in [3.63, 3.8) is 0 Å². The maximum atomic E-state index is 11.4. The van der Waals surface area contributed by atoms with Gasteiger partial charge in [0.05, 0.1) is 17.9 Å². The maximum absolute atomic E-state index is 11.4. The number of carbonyl (C=O) groups excluding carboxylic acids is 1. The molecule has 0 bridgehead atoms. The Morgan fingerprint density at radius 1 is 1.24 bits per heavy atom. The van der Waals surface area contributed by atoms with Crippen LogP contribution in [0.3, 0.4) is 0 Å². The Labute approximate surface area is 122 Å². The summed E-state index contributed by atoms with van der Waals surface area (Å²) in [5.74, 6) is -0.213. The normalized spacial score (nSPS) is 10.8. The molecule has 21 heavy (non-hydrogen) atoms. The molecule has 0 spiro atoms. The van der Waals surface area contributed by atoms with Crippen LogP contribution in [-0.2, 0) is 4.79 Å². The van der Waals surface area contributed by atoms with E-state index in [1.165, 1.54) is 0 Å². The second kappa shape index (κ2) is 5.38. The van der Waals surface area contributed by atoms with Crippen LogP contribution < -0.4 is 11.1 Å². The van der Waals surface area contributed by atoms with Gasteiger partial charge in [0.1, 0.15) is 5.65 Å². The summed E-state index contributed by atoms with van der Waals surface area (Å²) in [6, 6.07) is 13.7. The fourth-order valence-corrected chi connectivity index (χ4v) is 2.32. The summed E-state index contributed by atoms with van der Waals surface area (Å²) in [4.78, 5) is 16.0.